The van der Waals surface area contributed by atoms with Crippen LogP contribution in [0.4, 0.5) is 39.5 Å². The molecule has 0 aromatic carbocycles. The van der Waals surface area contributed by atoms with Gasteiger partial charge in [0.25, 0.3) is 0 Å². The third-order valence-corrected chi connectivity index (χ3v) is 1.26. The molecule has 0 aliphatic rings. The number of carboxylic acids is 1. The average molecular weight is 302 g/mol. The molecule has 0 rings (SSSR count). The maximum Gasteiger partial charge on any atom is 1.00 e. The van der Waals surface area contributed by atoms with Gasteiger partial charge in [-0.3, -0.25) is 0 Å². The Labute approximate surface area is 114 Å². The van der Waals surface area contributed by atoms with E-state index >= 15 is 0 Å². The minimum Gasteiger partial charge on any atom is -0.544 e. The first-order chi connectivity index (χ1) is 7.15. The number of aliphatic carboxylic acids is 1. The van der Waals surface area contributed by atoms with E-state index in [0.29, 0.717) is 0 Å². The van der Waals surface area contributed by atoms with Gasteiger partial charge in [-0.05, 0) is 0 Å². The Bertz CT molecular complexity index is 312. The minimum absolute atomic E-state index is 0. The van der Waals surface area contributed by atoms with E-state index in [1.165, 1.54) is 4.74 Å². The maximum atomic E-state index is 12.2. The molecule has 0 atom stereocenters. The van der Waals surface area contributed by atoms with Crippen molar-refractivity contribution in [2.75, 3.05) is 0 Å². The molecule has 0 amide bonds. The summed E-state index contributed by atoms with van der Waals surface area (Å²) in [5.74, 6) is -17.5. The van der Waals surface area contributed by atoms with Crippen LogP contribution in [-0.2, 0) is 9.53 Å². The van der Waals surface area contributed by atoms with Crippen LogP contribution < -0.4 is 34.7 Å². The Morgan fingerprint density at radius 2 is 1.22 bits per heavy atom. The summed E-state index contributed by atoms with van der Waals surface area (Å²) in [6, 6.07) is 0. The van der Waals surface area contributed by atoms with E-state index in [4.69, 9.17) is 0 Å². The molecule has 0 N–H and O–H groups in total. The summed E-state index contributed by atoms with van der Waals surface area (Å²) >= 11 is 0. The fraction of sp³-hybridized carbons (Fsp3) is 0.800. The van der Waals surface area contributed by atoms with Crippen LogP contribution in [0.5, 0.6) is 0 Å². The Balaban J connectivity index is 0. The fourth-order valence-corrected chi connectivity index (χ4v) is 0.520. The van der Waals surface area contributed by atoms with Crippen molar-refractivity contribution in [3.8, 4) is 0 Å². The number of carboxylic acid groups (broad SMARTS) is 1. The van der Waals surface area contributed by atoms with Crippen molar-refractivity contribution in [1.82, 2.24) is 0 Å². The third-order valence-electron chi connectivity index (χ3n) is 1.26. The standard InChI is InChI=1S/C5HF9O3.Na/c6-2(7,1(15)16)3(8,9)4(10,11)17-5(12,13)14;/h(H,15,16);/q;+1/p-1. The van der Waals surface area contributed by atoms with E-state index in [0.717, 1.165) is 0 Å². The molecular weight excluding hydrogens is 302 g/mol. The van der Waals surface area contributed by atoms with Crippen molar-refractivity contribution in [1.29, 1.82) is 0 Å². The molecule has 102 valence electrons. The number of rotatable bonds is 4. The van der Waals surface area contributed by atoms with Crippen molar-refractivity contribution >= 4 is 5.97 Å². The zero-order valence-corrected chi connectivity index (χ0v) is 10.1. The van der Waals surface area contributed by atoms with E-state index < -0.39 is 30.3 Å². The molecule has 0 fully saturated rings. The van der Waals surface area contributed by atoms with Gasteiger partial charge in [-0.2, -0.15) is 26.3 Å². The summed E-state index contributed by atoms with van der Waals surface area (Å²) in [4.78, 5) is 9.47. The van der Waals surface area contributed by atoms with Crippen LogP contribution in [0.2, 0.25) is 0 Å². The summed E-state index contributed by atoms with van der Waals surface area (Å²) in [5.41, 5.74) is 0. The van der Waals surface area contributed by atoms with Gasteiger partial charge in [0.2, 0.25) is 0 Å². The van der Waals surface area contributed by atoms with Crippen molar-refractivity contribution in [3.05, 3.63) is 0 Å². The number of ether oxygens (including phenoxy) is 1. The van der Waals surface area contributed by atoms with Gasteiger partial charge in [-0.1, -0.05) is 0 Å². The predicted molar refractivity (Wildman–Crippen MR) is 27.0 cm³/mol. The van der Waals surface area contributed by atoms with Crippen molar-refractivity contribution in [3.63, 3.8) is 0 Å². The third kappa shape index (κ3) is 3.90. The SMILES string of the molecule is O=C([O-])C(F)(F)C(F)(F)C(F)(F)OC(F)(F)F.[Na+]. The largest absolute Gasteiger partial charge is 1.00 e. The normalized spacial score (nSPS) is 14.1. The Kier molecular flexibility index (Phi) is 6.07. The smallest absolute Gasteiger partial charge is 0.544 e. The first-order valence-corrected chi connectivity index (χ1v) is 3.27. The molecule has 0 radical (unpaired) electrons. The zero-order valence-electron chi connectivity index (χ0n) is 8.13. The maximum absolute atomic E-state index is 12.2. The van der Waals surface area contributed by atoms with Crippen LogP contribution >= 0.6 is 0 Å². The van der Waals surface area contributed by atoms with E-state index in [9.17, 15) is 49.4 Å². The molecule has 0 heterocycles. The van der Waals surface area contributed by atoms with Crippen molar-refractivity contribution in [2.24, 2.45) is 0 Å². The van der Waals surface area contributed by atoms with Crippen LogP contribution in [0.15, 0.2) is 0 Å². The molecule has 0 aromatic heterocycles. The van der Waals surface area contributed by atoms with Crippen LogP contribution in [0.3, 0.4) is 0 Å². The summed E-state index contributed by atoms with van der Waals surface area (Å²) in [7, 11) is 0. The molecule has 3 nitrogen and oxygen atoms in total. The molecular formula is C5F9NaO3. The first-order valence-electron chi connectivity index (χ1n) is 3.27. The van der Waals surface area contributed by atoms with Gasteiger partial charge < -0.3 is 9.90 Å². The fourth-order valence-electron chi connectivity index (χ4n) is 0.520. The second-order valence-electron chi connectivity index (χ2n) is 2.50. The van der Waals surface area contributed by atoms with E-state index in [2.05, 4.69) is 0 Å². The van der Waals surface area contributed by atoms with Crippen molar-refractivity contribution in [2.45, 2.75) is 24.3 Å². The summed E-state index contributed by atoms with van der Waals surface area (Å²) in [6.07, 6.45) is -13.2. The van der Waals surface area contributed by atoms with Gasteiger partial charge >= 0.3 is 53.9 Å². The molecule has 0 saturated heterocycles. The van der Waals surface area contributed by atoms with Gasteiger partial charge in [0.1, 0.15) is 5.97 Å². The van der Waals surface area contributed by atoms with Crippen LogP contribution in [0.1, 0.15) is 0 Å². The number of halogens is 9. The monoisotopic (exact) mass is 302 g/mol. The molecule has 0 bridgehead atoms. The predicted octanol–water partition coefficient (Wildman–Crippen LogP) is -1.86. The van der Waals surface area contributed by atoms with Crippen LogP contribution in [0.25, 0.3) is 0 Å². The molecule has 0 aliphatic carbocycles. The van der Waals surface area contributed by atoms with Crippen LogP contribution in [0, 0.1) is 0 Å². The quantitative estimate of drug-likeness (QED) is 0.452. The Hall–Kier alpha value is -0.200. The molecule has 0 aromatic rings. The number of hydrogen-bond acceptors (Lipinski definition) is 3. The molecule has 0 spiro atoms. The van der Waals surface area contributed by atoms with Crippen LogP contribution in [-0.4, -0.2) is 30.3 Å². The van der Waals surface area contributed by atoms with Gasteiger partial charge in [0, 0.05) is 0 Å². The Morgan fingerprint density at radius 1 is 0.889 bits per heavy atom. The van der Waals surface area contributed by atoms with Gasteiger partial charge in [0.05, 0.1) is 0 Å². The van der Waals surface area contributed by atoms with Crippen molar-refractivity contribution < 1.29 is 83.7 Å². The topological polar surface area (TPSA) is 49.4 Å². The van der Waals surface area contributed by atoms with Gasteiger partial charge in [-0.15, -0.1) is 13.2 Å². The summed E-state index contributed by atoms with van der Waals surface area (Å²) < 4.78 is 108. The second kappa shape index (κ2) is 5.43. The summed E-state index contributed by atoms with van der Waals surface area (Å²) in [6.45, 7) is 0. The van der Waals surface area contributed by atoms with Gasteiger partial charge in [-0.25, -0.2) is 4.74 Å². The van der Waals surface area contributed by atoms with Gasteiger partial charge in [0.15, 0.2) is 0 Å². The number of carbonyl (C=O) groups excluding carboxylic acids is 1. The Morgan fingerprint density at radius 3 is 1.44 bits per heavy atom. The van der Waals surface area contributed by atoms with E-state index in [1.807, 2.05) is 0 Å². The first kappa shape index (κ1) is 20.1. The molecule has 0 aliphatic heterocycles. The zero-order chi connectivity index (χ0) is 14.3. The number of hydrogen-bond donors (Lipinski definition) is 0. The second-order valence-corrected chi connectivity index (χ2v) is 2.50. The summed E-state index contributed by atoms with van der Waals surface area (Å²) in [5, 5.41) is 9.47. The average Bonchev–Trinajstić information content (AvgIpc) is 1.98. The molecule has 0 saturated carbocycles. The minimum atomic E-state index is -6.95. The molecule has 13 heteroatoms. The number of carbonyl (C=O) groups is 1. The molecule has 0 unspecified atom stereocenters. The molecule has 18 heavy (non-hydrogen) atoms. The number of alkyl halides is 9. The van der Waals surface area contributed by atoms with E-state index in [1.54, 1.807) is 0 Å². The van der Waals surface area contributed by atoms with E-state index in [-0.39, 0.29) is 29.6 Å².